The zero-order valence-electron chi connectivity index (χ0n) is 15.4. The van der Waals surface area contributed by atoms with Crippen LogP contribution in [0, 0.1) is 0 Å². The Kier molecular flexibility index (Phi) is 5.39. The lowest BCUT2D eigenvalue weighted by atomic mass is 9.77. The fourth-order valence-corrected chi connectivity index (χ4v) is 3.48. The minimum atomic E-state index is -0.722. The van der Waals surface area contributed by atoms with E-state index in [2.05, 4.69) is 0 Å². The maximum absolute atomic E-state index is 12.7. The molecule has 0 fully saturated rings. The smallest absolute Gasteiger partial charge is 0.340 e. The minimum absolute atomic E-state index is 0.0218. The Labute approximate surface area is 157 Å². The zero-order valence-corrected chi connectivity index (χ0v) is 15.4. The molecule has 2 aliphatic rings. The first kappa shape index (κ1) is 18.8. The first-order valence-electron chi connectivity index (χ1n) is 9.04. The van der Waals surface area contributed by atoms with E-state index in [1.54, 1.807) is 26.0 Å². The lowest BCUT2D eigenvalue weighted by Crippen LogP contribution is -2.31. The van der Waals surface area contributed by atoms with Crippen molar-refractivity contribution in [2.45, 2.75) is 39.0 Å². The third kappa shape index (κ3) is 3.49. The van der Waals surface area contributed by atoms with Gasteiger partial charge in [-0.05, 0) is 38.0 Å². The number of carbonyl (C=O) groups excluding carboxylic acids is 2. The van der Waals surface area contributed by atoms with Gasteiger partial charge in [-0.25, -0.2) is 4.79 Å². The molecule has 0 radical (unpaired) electrons. The van der Waals surface area contributed by atoms with Gasteiger partial charge in [0, 0.05) is 18.4 Å². The van der Waals surface area contributed by atoms with Crippen LogP contribution in [0.4, 0.5) is 0 Å². The van der Waals surface area contributed by atoms with Crippen LogP contribution in [0.1, 0.15) is 44.6 Å². The van der Waals surface area contributed by atoms with Gasteiger partial charge < -0.3 is 25.1 Å². The number of Topliss-reactive ketones (excluding diaryl/α,β-unsaturated/α-hetero) is 1. The quantitative estimate of drug-likeness (QED) is 0.764. The predicted molar refractivity (Wildman–Crippen MR) is 96.8 cm³/mol. The summed E-state index contributed by atoms with van der Waals surface area (Å²) in [5.41, 5.74) is 7.17. The molecule has 7 nitrogen and oxygen atoms in total. The molecular formula is C20H23NO6. The second-order valence-electron chi connectivity index (χ2n) is 6.31. The summed E-state index contributed by atoms with van der Waals surface area (Å²) in [7, 11) is 0. The first-order valence-corrected chi connectivity index (χ1v) is 9.04. The van der Waals surface area contributed by atoms with Crippen LogP contribution < -0.4 is 10.5 Å². The number of rotatable bonds is 5. The molecular weight excluding hydrogens is 350 g/mol. The number of hydrogen-bond donors (Lipinski definition) is 2. The molecule has 144 valence electrons. The van der Waals surface area contributed by atoms with Crippen molar-refractivity contribution in [1.82, 2.24) is 0 Å². The van der Waals surface area contributed by atoms with Gasteiger partial charge in [0.05, 0.1) is 19.1 Å². The predicted octanol–water partition coefficient (Wildman–Crippen LogP) is 2.65. The molecule has 1 aliphatic heterocycles. The molecule has 0 amide bonds. The Morgan fingerprint density at radius 1 is 1.30 bits per heavy atom. The van der Waals surface area contributed by atoms with Gasteiger partial charge >= 0.3 is 5.97 Å². The van der Waals surface area contributed by atoms with Crippen LogP contribution in [-0.4, -0.2) is 30.1 Å². The normalized spacial score (nSPS) is 19.5. The molecule has 1 heterocycles. The number of esters is 1. The van der Waals surface area contributed by atoms with Crippen molar-refractivity contribution in [3.8, 4) is 11.5 Å². The molecule has 0 saturated carbocycles. The van der Waals surface area contributed by atoms with Crippen molar-refractivity contribution < 1.29 is 28.9 Å². The standard InChI is InChI=1S/C20H23NO6/c1-3-25-15-10-11(8-9-12(15)22)16-17-13(23)6-5-7-14(17)27-19(21)18(16)20(24)26-4-2/h8-10,16,22H,3-7,21H2,1-2H3. The second kappa shape index (κ2) is 7.73. The molecule has 7 heteroatoms. The summed E-state index contributed by atoms with van der Waals surface area (Å²) in [6, 6.07) is 4.74. The zero-order chi connectivity index (χ0) is 19.6. The first-order chi connectivity index (χ1) is 13.0. The fraction of sp³-hybridized carbons (Fsp3) is 0.400. The number of carbonyl (C=O) groups is 2. The van der Waals surface area contributed by atoms with Crippen molar-refractivity contribution in [2.75, 3.05) is 13.2 Å². The molecule has 1 aliphatic carbocycles. The summed E-state index contributed by atoms with van der Waals surface area (Å²) in [4.78, 5) is 25.3. The molecule has 0 spiro atoms. The van der Waals surface area contributed by atoms with E-state index in [4.69, 9.17) is 19.9 Å². The van der Waals surface area contributed by atoms with Crippen molar-refractivity contribution in [2.24, 2.45) is 5.73 Å². The molecule has 0 aromatic heterocycles. The highest BCUT2D eigenvalue weighted by molar-refractivity contribution is 6.03. The maximum Gasteiger partial charge on any atom is 0.340 e. The number of phenols is 1. The highest BCUT2D eigenvalue weighted by Gasteiger charge is 2.41. The molecule has 1 aromatic rings. The Hall–Kier alpha value is -2.96. The number of ether oxygens (including phenoxy) is 3. The Bertz CT molecular complexity index is 839. The van der Waals surface area contributed by atoms with Crippen LogP contribution >= 0.6 is 0 Å². The van der Waals surface area contributed by atoms with E-state index in [1.807, 2.05) is 0 Å². The molecule has 3 rings (SSSR count). The van der Waals surface area contributed by atoms with Crippen molar-refractivity contribution >= 4 is 11.8 Å². The number of aromatic hydroxyl groups is 1. The molecule has 27 heavy (non-hydrogen) atoms. The molecule has 3 N–H and O–H groups in total. The van der Waals surface area contributed by atoms with Crippen molar-refractivity contribution in [3.05, 3.63) is 46.6 Å². The van der Waals surface area contributed by atoms with Gasteiger partial charge in [-0.15, -0.1) is 0 Å². The topological polar surface area (TPSA) is 108 Å². The molecule has 1 unspecified atom stereocenters. The van der Waals surface area contributed by atoms with E-state index >= 15 is 0 Å². The molecule has 0 bridgehead atoms. The number of nitrogens with two attached hydrogens (primary N) is 1. The van der Waals surface area contributed by atoms with Gasteiger partial charge in [-0.3, -0.25) is 4.79 Å². The van der Waals surface area contributed by atoms with Gasteiger partial charge in [0.1, 0.15) is 11.3 Å². The lowest BCUT2D eigenvalue weighted by molar-refractivity contribution is -0.139. The van der Waals surface area contributed by atoms with Gasteiger partial charge in [0.25, 0.3) is 0 Å². The summed E-state index contributed by atoms with van der Waals surface area (Å²) in [6.07, 6.45) is 1.63. The van der Waals surface area contributed by atoms with Gasteiger partial charge in [-0.1, -0.05) is 6.07 Å². The second-order valence-corrected chi connectivity index (χ2v) is 6.31. The summed E-state index contributed by atoms with van der Waals surface area (Å²) >= 11 is 0. The Morgan fingerprint density at radius 2 is 2.07 bits per heavy atom. The largest absolute Gasteiger partial charge is 0.504 e. The molecule has 1 atom stereocenters. The van der Waals surface area contributed by atoms with Crippen LogP contribution in [-0.2, 0) is 19.1 Å². The van der Waals surface area contributed by atoms with E-state index in [1.165, 1.54) is 6.07 Å². The van der Waals surface area contributed by atoms with Gasteiger partial charge in [0.15, 0.2) is 17.3 Å². The number of allylic oxidation sites excluding steroid dienone is 2. The average molecular weight is 373 g/mol. The Morgan fingerprint density at radius 3 is 2.78 bits per heavy atom. The molecule has 0 saturated heterocycles. The van der Waals surface area contributed by atoms with E-state index in [0.717, 1.165) is 0 Å². The van der Waals surface area contributed by atoms with Crippen LogP contribution in [0.2, 0.25) is 0 Å². The van der Waals surface area contributed by atoms with Crippen LogP contribution in [0.25, 0.3) is 0 Å². The van der Waals surface area contributed by atoms with E-state index in [-0.39, 0.29) is 35.3 Å². The number of phenolic OH excluding ortho intramolecular Hbond substituents is 1. The monoisotopic (exact) mass is 373 g/mol. The average Bonchev–Trinajstić information content (AvgIpc) is 2.63. The van der Waals surface area contributed by atoms with Crippen LogP contribution in [0.15, 0.2) is 41.0 Å². The van der Waals surface area contributed by atoms with E-state index < -0.39 is 11.9 Å². The maximum atomic E-state index is 12.7. The van der Waals surface area contributed by atoms with Gasteiger partial charge in [-0.2, -0.15) is 0 Å². The third-order valence-electron chi connectivity index (χ3n) is 4.60. The summed E-state index contributed by atoms with van der Waals surface area (Å²) in [5, 5.41) is 10.0. The fourth-order valence-electron chi connectivity index (χ4n) is 3.48. The highest BCUT2D eigenvalue weighted by atomic mass is 16.5. The van der Waals surface area contributed by atoms with Crippen molar-refractivity contribution in [3.63, 3.8) is 0 Å². The summed E-state index contributed by atoms with van der Waals surface area (Å²) < 4.78 is 16.2. The third-order valence-corrected chi connectivity index (χ3v) is 4.60. The van der Waals surface area contributed by atoms with E-state index in [9.17, 15) is 14.7 Å². The highest BCUT2D eigenvalue weighted by Crippen LogP contribution is 2.45. The Balaban J connectivity index is 2.17. The minimum Gasteiger partial charge on any atom is -0.504 e. The lowest BCUT2D eigenvalue weighted by Gasteiger charge is -2.32. The van der Waals surface area contributed by atoms with Gasteiger partial charge in [0.2, 0.25) is 5.88 Å². The van der Waals surface area contributed by atoms with Crippen LogP contribution in [0.3, 0.4) is 0 Å². The number of benzene rings is 1. The van der Waals surface area contributed by atoms with E-state index in [0.29, 0.717) is 42.8 Å². The number of ketones is 1. The van der Waals surface area contributed by atoms with Crippen molar-refractivity contribution in [1.29, 1.82) is 0 Å². The summed E-state index contributed by atoms with van der Waals surface area (Å²) in [5.74, 6) is -0.746. The number of hydrogen-bond acceptors (Lipinski definition) is 7. The SMILES string of the molecule is CCOC(=O)C1=C(N)OC2=C(C(=O)CCC2)C1c1ccc(O)c(OCC)c1. The summed E-state index contributed by atoms with van der Waals surface area (Å²) in [6.45, 7) is 4.02. The van der Waals surface area contributed by atoms with Crippen LogP contribution in [0.5, 0.6) is 11.5 Å². The molecule has 1 aromatic carbocycles.